The average Bonchev–Trinajstić information content (AvgIpc) is 3.23. The van der Waals surface area contributed by atoms with Crippen molar-refractivity contribution in [3.63, 3.8) is 0 Å². The molecule has 0 unspecified atom stereocenters. The molecular formula is C22H24FN3O4S. The van der Waals surface area contributed by atoms with Crippen LogP contribution < -0.4 is 0 Å². The van der Waals surface area contributed by atoms with Gasteiger partial charge in [-0.05, 0) is 30.7 Å². The van der Waals surface area contributed by atoms with Crippen LogP contribution in [0.25, 0.3) is 11.3 Å². The lowest BCUT2D eigenvalue weighted by molar-refractivity contribution is -0.129. The first kappa shape index (κ1) is 22.6. The van der Waals surface area contributed by atoms with Crippen LogP contribution in [0.3, 0.4) is 0 Å². The second kappa shape index (κ2) is 9.84. The summed E-state index contributed by atoms with van der Waals surface area (Å²) in [6, 6.07) is 16.1. The molecule has 0 saturated heterocycles. The molecule has 0 N–H and O–H groups in total. The highest BCUT2D eigenvalue weighted by Crippen LogP contribution is 2.19. The zero-order chi connectivity index (χ0) is 22.4. The minimum atomic E-state index is -3.88. The quantitative estimate of drug-likeness (QED) is 0.505. The SMILES string of the molecule is CN(CCCc1cc(-c2ccccc2)no1)C(=O)CN(C)S(=O)(=O)c1ccc(F)cc1. The van der Waals surface area contributed by atoms with Gasteiger partial charge in [0.2, 0.25) is 15.9 Å². The van der Waals surface area contributed by atoms with Crippen molar-refractivity contribution in [2.75, 3.05) is 27.2 Å². The van der Waals surface area contributed by atoms with Crippen molar-refractivity contribution in [1.29, 1.82) is 0 Å². The van der Waals surface area contributed by atoms with Gasteiger partial charge < -0.3 is 9.42 Å². The molecule has 3 rings (SSSR count). The lowest BCUT2D eigenvalue weighted by atomic mass is 10.1. The Morgan fingerprint density at radius 1 is 1.06 bits per heavy atom. The number of sulfonamides is 1. The molecule has 2 aromatic carbocycles. The number of carbonyl (C=O) groups excluding carboxylic acids is 1. The Hall–Kier alpha value is -3.04. The minimum Gasteiger partial charge on any atom is -0.361 e. The second-order valence-electron chi connectivity index (χ2n) is 7.18. The number of hydrogen-bond donors (Lipinski definition) is 0. The van der Waals surface area contributed by atoms with Gasteiger partial charge in [0.05, 0.1) is 11.4 Å². The van der Waals surface area contributed by atoms with Crippen molar-refractivity contribution >= 4 is 15.9 Å². The van der Waals surface area contributed by atoms with Crippen LogP contribution in [-0.4, -0.2) is 55.9 Å². The third-order valence-corrected chi connectivity index (χ3v) is 6.67. The van der Waals surface area contributed by atoms with E-state index in [4.69, 9.17) is 4.52 Å². The van der Waals surface area contributed by atoms with Gasteiger partial charge in [0.1, 0.15) is 17.3 Å². The molecule has 1 amide bonds. The van der Waals surface area contributed by atoms with E-state index in [1.54, 1.807) is 7.05 Å². The molecular weight excluding hydrogens is 421 g/mol. The molecule has 1 heterocycles. The summed E-state index contributed by atoms with van der Waals surface area (Å²) in [7, 11) is -0.931. The maximum Gasteiger partial charge on any atom is 0.243 e. The van der Waals surface area contributed by atoms with Crippen LogP contribution in [-0.2, 0) is 21.2 Å². The van der Waals surface area contributed by atoms with Gasteiger partial charge in [-0.25, -0.2) is 12.8 Å². The first-order valence-corrected chi connectivity index (χ1v) is 11.2. The topological polar surface area (TPSA) is 83.7 Å². The predicted molar refractivity (Wildman–Crippen MR) is 114 cm³/mol. The predicted octanol–water partition coefficient (Wildman–Crippen LogP) is 3.19. The summed E-state index contributed by atoms with van der Waals surface area (Å²) in [5.41, 5.74) is 1.72. The van der Waals surface area contributed by atoms with Crippen molar-refractivity contribution in [3.05, 3.63) is 72.2 Å². The van der Waals surface area contributed by atoms with Crippen LogP contribution in [0.1, 0.15) is 12.2 Å². The molecule has 0 radical (unpaired) electrons. The Balaban J connectivity index is 1.49. The van der Waals surface area contributed by atoms with Crippen LogP contribution in [0.15, 0.2) is 70.1 Å². The molecule has 31 heavy (non-hydrogen) atoms. The lowest BCUT2D eigenvalue weighted by Crippen LogP contribution is -2.39. The standard InChI is InChI=1S/C22H24FN3O4S/c1-25(14-6-9-19-15-21(24-30-19)17-7-4-3-5-8-17)22(27)16-26(2)31(28,29)20-12-10-18(23)11-13-20/h3-5,7-8,10-13,15H,6,9,14,16H2,1-2H3. The van der Waals surface area contributed by atoms with Crippen molar-refractivity contribution in [2.45, 2.75) is 17.7 Å². The van der Waals surface area contributed by atoms with E-state index in [9.17, 15) is 17.6 Å². The normalized spacial score (nSPS) is 11.6. The monoisotopic (exact) mass is 445 g/mol. The summed E-state index contributed by atoms with van der Waals surface area (Å²) in [4.78, 5) is 13.9. The summed E-state index contributed by atoms with van der Waals surface area (Å²) in [5, 5.41) is 4.07. The fraction of sp³-hybridized carbons (Fsp3) is 0.273. The van der Waals surface area contributed by atoms with E-state index < -0.39 is 15.8 Å². The molecule has 7 nitrogen and oxygen atoms in total. The number of aryl methyl sites for hydroxylation is 1. The molecule has 0 atom stereocenters. The summed E-state index contributed by atoms with van der Waals surface area (Å²) >= 11 is 0. The van der Waals surface area contributed by atoms with Gasteiger partial charge in [0, 0.05) is 38.7 Å². The Morgan fingerprint density at radius 3 is 2.42 bits per heavy atom. The van der Waals surface area contributed by atoms with Gasteiger partial charge in [-0.2, -0.15) is 4.31 Å². The fourth-order valence-corrected chi connectivity index (χ4v) is 4.09. The largest absolute Gasteiger partial charge is 0.361 e. The van der Waals surface area contributed by atoms with E-state index in [0.717, 1.165) is 33.5 Å². The number of nitrogens with zero attached hydrogens (tertiary/aromatic N) is 3. The third-order valence-electron chi connectivity index (χ3n) is 4.85. The second-order valence-corrected chi connectivity index (χ2v) is 9.22. The summed E-state index contributed by atoms with van der Waals surface area (Å²) < 4.78 is 44.4. The van der Waals surface area contributed by atoms with Crippen molar-refractivity contribution in [3.8, 4) is 11.3 Å². The maximum atomic E-state index is 13.0. The fourth-order valence-electron chi connectivity index (χ4n) is 2.97. The molecule has 0 aliphatic rings. The molecule has 1 aromatic heterocycles. The zero-order valence-corrected chi connectivity index (χ0v) is 18.2. The van der Waals surface area contributed by atoms with E-state index in [0.29, 0.717) is 19.4 Å². The molecule has 164 valence electrons. The smallest absolute Gasteiger partial charge is 0.243 e. The number of hydrogen-bond acceptors (Lipinski definition) is 5. The van der Waals surface area contributed by atoms with E-state index in [-0.39, 0.29) is 17.3 Å². The number of likely N-dealkylation sites (N-methyl/N-ethyl adjacent to an activating group) is 2. The van der Waals surface area contributed by atoms with Gasteiger partial charge in [-0.1, -0.05) is 35.5 Å². The number of rotatable bonds is 9. The van der Waals surface area contributed by atoms with Crippen LogP contribution in [0.4, 0.5) is 4.39 Å². The van der Waals surface area contributed by atoms with Gasteiger partial charge in [0.15, 0.2) is 0 Å². The van der Waals surface area contributed by atoms with Crippen LogP contribution in [0.5, 0.6) is 0 Å². The number of aromatic nitrogens is 1. The molecule has 0 saturated carbocycles. The first-order valence-electron chi connectivity index (χ1n) is 9.74. The highest BCUT2D eigenvalue weighted by Gasteiger charge is 2.24. The molecule has 0 bridgehead atoms. The van der Waals surface area contributed by atoms with E-state index in [2.05, 4.69) is 5.16 Å². The van der Waals surface area contributed by atoms with Crippen LogP contribution in [0, 0.1) is 5.82 Å². The molecule has 0 spiro atoms. The number of halogens is 1. The van der Waals surface area contributed by atoms with Crippen LogP contribution in [0.2, 0.25) is 0 Å². The van der Waals surface area contributed by atoms with Gasteiger partial charge in [0.25, 0.3) is 0 Å². The molecule has 9 heteroatoms. The number of amides is 1. The Morgan fingerprint density at radius 2 is 1.74 bits per heavy atom. The summed E-state index contributed by atoms with van der Waals surface area (Å²) in [5.74, 6) is -0.147. The molecule has 3 aromatic rings. The van der Waals surface area contributed by atoms with Gasteiger partial charge >= 0.3 is 0 Å². The number of carbonyl (C=O) groups is 1. The van der Waals surface area contributed by atoms with E-state index in [1.165, 1.54) is 24.1 Å². The Labute approximate surface area is 181 Å². The van der Waals surface area contributed by atoms with Gasteiger partial charge in [-0.3, -0.25) is 4.79 Å². The van der Waals surface area contributed by atoms with E-state index in [1.807, 2.05) is 36.4 Å². The molecule has 0 aliphatic heterocycles. The van der Waals surface area contributed by atoms with Crippen molar-refractivity contribution in [1.82, 2.24) is 14.4 Å². The highest BCUT2D eigenvalue weighted by atomic mass is 32.2. The van der Waals surface area contributed by atoms with Crippen molar-refractivity contribution in [2.24, 2.45) is 0 Å². The number of benzene rings is 2. The lowest BCUT2D eigenvalue weighted by Gasteiger charge is -2.21. The minimum absolute atomic E-state index is 0.0635. The summed E-state index contributed by atoms with van der Waals surface area (Å²) in [6.07, 6.45) is 1.24. The Bertz CT molecular complexity index is 1120. The first-order chi connectivity index (χ1) is 14.8. The highest BCUT2D eigenvalue weighted by molar-refractivity contribution is 7.89. The van der Waals surface area contributed by atoms with Crippen LogP contribution >= 0.6 is 0 Å². The summed E-state index contributed by atoms with van der Waals surface area (Å²) in [6.45, 7) is 0.126. The maximum absolute atomic E-state index is 13.0. The van der Waals surface area contributed by atoms with E-state index >= 15 is 0 Å². The molecule has 0 fully saturated rings. The third kappa shape index (κ3) is 5.77. The average molecular weight is 446 g/mol. The Kier molecular flexibility index (Phi) is 7.19. The molecule has 0 aliphatic carbocycles. The zero-order valence-electron chi connectivity index (χ0n) is 17.4. The van der Waals surface area contributed by atoms with Gasteiger partial charge in [-0.15, -0.1) is 0 Å². The van der Waals surface area contributed by atoms with Crippen molar-refractivity contribution < 1.29 is 22.1 Å².